The minimum atomic E-state index is -0.798. The number of aromatic hydroxyl groups is 2. The molecule has 0 aliphatic carbocycles. The highest BCUT2D eigenvalue weighted by atomic mass is 16.5. The molecule has 25 heavy (non-hydrogen) atoms. The Morgan fingerprint density at radius 1 is 1.04 bits per heavy atom. The van der Waals surface area contributed by atoms with Crippen LogP contribution in [-0.4, -0.2) is 35.0 Å². The third kappa shape index (κ3) is 5.96. The van der Waals surface area contributed by atoms with Gasteiger partial charge in [0.05, 0.1) is 13.2 Å². The largest absolute Gasteiger partial charge is 0.508 e. The highest BCUT2D eigenvalue weighted by Crippen LogP contribution is 2.24. The van der Waals surface area contributed by atoms with Gasteiger partial charge in [-0.1, -0.05) is 25.5 Å². The molecule has 0 radical (unpaired) electrons. The fourth-order valence-corrected chi connectivity index (χ4v) is 2.88. The van der Waals surface area contributed by atoms with Gasteiger partial charge < -0.3 is 25.4 Å². The van der Waals surface area contributed by atoms with Gasteiger partial charge in [-0.25, -0.2) is 0 Å². The first kappa shape index (κ1) is 19.1. The molecule has 0 amide bonds. The number of methoxy groups -OCH3 is 1. The molecule has 5 nitrogen and oxygen atoms in total. The predicted octanol–water partition coefficient (Wildman–Crippen LogP) is 3.14. The van der Waals surface area contributed by atoms with Crippen molar-refractivity contribution in [2.24, 2.45) is 0 Å². The Balaban J connectivity index is 1.95. The van der Waals surface area contributed by atoms with Crippen molar-refractivity contribution in [3.63, 3.8) is 0 Å². The number of rotatable bonds is 9. The monoisotopic (exact) mass is 345 g/mol. The Morgan fingerprint density at radius 2 is 1.68 bits per heavy atom. The van der Waals surface area contributed by atoms with Gasteiger partial charge in [-0.2, -0.15) is 0 Å². The van der Waals surface area contributed by atoms with E-state index in [-0.39, 0.29) is 17.5 Å². The molecule has 0 aliphatic rings. The summed E-state index contributed by atoms with van der Waals surface area (Å²) in [5, 5.41) is 32.8. The van der Waals surface area contributed by atoms with Gasteiger partial charge >= 0.3 is 0 Å². The van der Waals surface area contributed by atoms with E-state index in [2.05, 4.69) is 12.2 Å². The van der Waals surface area contributed by atoms with E-state index >= 15 is 0 Å². The number of hydrogen-bond acceptors (Lipinski definition) is 5. The molecule has 0 aliphatic heterocycles. The Bertz CT molecular complexity index is 637. The molecule has 0 saturated carbocycles. The van der Waals surface area contributed by atoms with Gasteiger partial charge in [0.2, 0.25) is 0 Å². The second kappa shape index (κ2) is 9.30. The van der Waals surface area contributed by atoms with E-state index in [0.717, 1.165) is 25.0 Å². The number of nitrogens with one attached hydrogen (secondary N) is 1. The van der Waals surface area contributed by atoms with Crippen LogP contribution in [-0.2, 0) is 6.42 Å². The topological polar surface area (TPSA) is 82.0 Å². The normalized spacial score (nSPS) is 13.4. The smallest absolute Gasteiger partial charge is 0.119 e. The van der Waals surface area contributed by atoms with Crippen LogP contribution in [0.3, 0.4) is 0 Å². The average Bonchev–Trinajstić information content (AvgIpc) is 2.59. The zero-order valence-electron chi connectivity index (χ0n) is 14.8. The molecule has 0 fully saturated rings. The molecule has 2 aromatic rings. The molecule has 0 unspecified atom stereocenters. The first-order valence-electron chi connectivity index (χ1n) is 8.59. The molecule has 2 rings (SSSR count). The van der Waals surface area contributed by atoms with E-state index in [9.17, 15) is 15.3 Å². The first-order chi connectivity index (χ1) is 12.0. The van der Waals surface area contributed by atoms with Crippen LogP contribution >= 0.6 is 0 Å². The summed E-state index contributed by atoms with van der Waals surface area (Å²) in [6.07, 6.45) is 2.09. The molecule has 4 N–H and O–H groups in total. The number of hydrogen-bond donors (Lipinski definition) is 4. The third-order valence-electron chi connectivity index (χ3n) is 4.19. The van der Waals surface area contributed by atoms with Crippen molar-refractivity contribution in [2.45, 2.75) is 38.3 Å². The third-order valence-corrected chi connectivity index (χ3v) is 4.19. The van der Waals surface area contributed by atoms with Crippen LogP contribution in [0.25, 0.3) is 0 Å². The molecular weight excluding hydrogens is 318 g/mol. The Labute approximate surface area is 148 Å². The van der Waals surface area contributed by atoms with Gasteiger partial charge in [0.1, 0.15) is 17.2 Å². The molecule has 2 aromatic carbocycles. The summed E-state index contributed by atoms with van der Waals surface area (Å²) in [5.74, 6) is 0.720. The maximum absolute atomic E-state index is 10.3. The van der Waals surface area contributed by atoms with E-state index in [0.29, 0.717) is 12.1 Å². The maximum atomic E-state index is 10.3. The number of phenolic OH excluding ortho intramolecular Hbond substituents is 2. The van der Waals surface area contributed by atoms with Gasteiger partial charge in [0.25, 0.3) is 0 Å². The van der Waals surface area contributed by atoms with Crippen LogP contribution in [0, 0.1) is 0 Å². The van der Waals surface area contributed by atoms with Crippen LogP contribution < -0.4 is 10.1 Å². The summed E-state index contributed by atoms with van der Waals surface area (Å²) in [6.45, 7) is 2.48. The first-order valence-corrected chi connectivity index (χ1v) is 8.59. The van der Waals surface area contributed by atoms with Crippen LogP contribution in [0.2, 0.25) is 0 Å². The average molecular weight is 345 g/mol. The lowest BCUT2D eigenvalue weighted by Gasteiger charge is -2.21. The van der Waals surface area contributed by atoms with Crippen molar-refractivity contribution in [2.75, 3.05) is 13.7 Å². The Hall–Kier alpha value is -2.24. The van der Waals surface area contributed by atoms with Gasteiger partial charge in [0, 0.05) is 18.7 Å². The summed E-state index contributed by atoms with van der Waals surface area (Å²) >= 11 is 0. The molecule has 136 valence electrons. The maximum Gasteiger partial charge on any atom is 0.119 e. The van der Waals surface area contributed by atoms with Gasteiger partial charge in [-0.15, -0.1) is 0 Å². The minimum absolute atomic E-state index is 0.0580. The van der Waals surface area contributed by atoms with Crippen molar-refractivity contribution < 1.29 is 20.1 Å². The molecule has 0 heterocycles. The molecule has 0 bridgehead atoms. The van der Waals surface area contributed by atoms with Gasteiger partial charge in [-0.05, 0) is 48.2 Å². The Kier molecular flexibility index (Phi) is 7.10. The summed E-state index contributed by atoms with van der Waals surface area (Å²) in [6, 6.07) is 12.4. The van der Waals surface area contributed by atoms with E-state index in [1.165, 1.54) is 23.8 Å². The quantitative estimate of drug-likeness (QED) is 0.561. The predicted molar refractivity (Wildman–Crippen MR) is 98.1 cm³/mol. The van der Waals surface area contributed by atoms with Crippen molar-refractivity contribution in [3.8, 4) is 17.2 Å². The summed E-state index contributed by atoms with van der Waals surface area (Å²) in [7, 11) is 1.65. The van der Waals surface area contributed by atoms with Gasteiger partial charge in [0.15, 0.2) is 0 Å². The molecule has 5 heteroatoms. The number of benzene rings is 2. The summed E-state index contributed by atoms with van der Waals surface area (Å²) in [4.78, 5) is 0. The van der Waals surface area contributed by atoms with Crippen LogP contribution in [0.4, 0.5) is 0 Å². The number of aliphatic hydroxyl groups is 1. The van der Waals surface area contributed by atoms with Crippen LogP contribution in [0.5, 0.6) is 17.2 Å². The number of aliphatic hydroxyl groups excluding tert-OH is 1. The van der Waals surface area contributed by atoms with Crippen molar-refractivity contribution in [1.82, 2.24) is 5.32 Å². The van der Waals surface area contributed by atoms with Crippen molar-refractivity contribution in [3.05, 3.63) is 53.6 Å². The lowest BCUT2D eigenvalue weighted by molar-refractivity contribution is 0.168. The highest BCUT2D eigenvalue weighted by molar-refractivity contribution is 5.37. The zero-order chi connectivity index (χ0) is 18.2. The standard InChI is InChI=1S/C20H27NO4/c1-3-4-16(9-14-5-7-19(25-2)8-6-14)21-13-20(24)15-10-17(22)12-18(23)11-15/h5-8,10-12,16,20-24H,3-4,9,13H2,1-2H3/t16-,20-/m0/s1. The van der Waals surface area contributed by atoms with E-state index in [1.54, 1.807) is 7.11 Å². The highest BCUT2D eigenvalue weighted by Gasteiger charge is 2.14. The fourth-order valence-electron chi connectivity index (χ4n) is 2.88. The van der Waals surface area contributed by atoms with E-state index in [1.807, 2.05) is 24.3 Å². The number of ether oxygens (including phenoxy) is 1. The SMILES string of the molecule is CCC[C@@H](Cc1ccc(OC)cc1)NC[C@H](O)c1cc(O)cc(O)c1. The molecule has 2 atom stereocenters. The second-order valence-corrected chi connectivity index (χ2v) is 6.24. The minimum Gasteiger partial charge on any atom is -0.508 e. The van der Waals surface area contributed by atoms with Crippen LogP contribution in [0.15, 0.2) is 42.5 Å². The zero-order valence-corrected chi connectivity index (χ0v) is 14.8. The van der Waals surface area contributed by atoms with Gasteiger partial charge in [-0.3, -0.25) is 0 Å². The van der Waals surface area contributed by atoms with E-state index in [4.69, 9.17) is 4.74 Å². The lowest BCUT2D eigenvalue weighted by atomic mass is 10.0. The second-order valence-electron chi connectivity index (χ2n) is 6.24. The molecular formula is C20H27NO4. The lowest BCUT2D eigenvalue weighted by Crippen LogP contribution is -2.34. The molecule has 0 spiro atoms. The van der Waals surface area contributed by atoms with Crippen LogP contribution in [0.1, 0.15) is 37.0 Å². The van der Waals surface area contributed by atoms with Crippen molar-refractivity contribution >= 4 is 0 Å². The summed E-state index contributed by atoms with van der Waals surface area (Å²) in [5.41, 5.74) is 1.70. The molecule has 0 aromatic heterocycles. The Morgan fingerprint density at radius 3 is 2.24 bits per heavy atom. The number of phenols is 2. The van der Waals surface area contributed by atoms with E-state index < -0.39 is 6.10 Å². The fraction of sp³-hybridized carbons (Fsp3) is 0.400. The van der Waals surface area contributed by atoms with Crippen molar-refractivity contribution in [1.29, 1.82) is 0 Å². The molecule has 0 saturated heterocycles. The summed E-state index contributed by atoms with van der Waals surface area (Å²) < 4.78 is 5.18.